The molecule has 1 saturated heterocycles. The number of benzene rings is 1. The number of carbonyl (C=O) groups is 1. The van der Waals surface area contributed by atoms with Crippen LogP contribution in [0.4, 0.5) is 17.6 Å². The van der Waals surface area contributed by atoms with Crippen LogP contribution in [0, 0.1) is 0 Å². The van der Waals surface area contributed by atoms with Crippen molar-refractivity contribution in [3.8, 4) is 0 Å². The number of hydrogen-bond acceptors (Lipinski definition) is 6. The average molecular weight is 522 g/mol. The average Bonchev–Trinajstić information content (AvgIpc) is 3.64. The number of nitrogens with zero attached hydrogens (tertiary/aromatic N) is 5. The Balaban J connectivity index is 1.16. The van der Waals surface area contributed by atoms with Gasteiger partial charge in [-0.05, 0) is 24.5 Å². The van der Waals surface area contributed by atoms with Gasteiger partial charge in [-0.3, -0.25) is 9.48 Å². The number of likely N-dealkylation sites (tertiary alicyclic amines) is 1. The molecule has 7 nitrogen and oxygen atoms in total. The summed E-state index contributed by atoms with van der Waals surface area (Å²) in [4.78, 5) is 24.6. The van der Waals surface area contributed by atoms with Gasteiger partial charge in [0.2, 0.25) is 5.91 Å². The van der Waals surface area contributed by atoms with Crippen molar-refractivity contribution in [1.29, 1.82) is 0 Å². The summed E-state index contributed by atoms with van der Waals surface area (Å²) >= 11 is 1.54. The van der Waals surface area contributed by atoms with Crippen LogP contribution in [0.1, 0.15) is 71.8 Å². The highest BCUT2D eigenvalue weighted by atomic mass is 32.1. The summed E-state index contributed by atoms with van der Waals surface area (Å²) < 4.78 is 52.9. The third-order valence-electron chi connectivity index (χ3n) is 6.42. The molecule has 0 aliphatic carbocycles. The molecule has 190 valence electrons. The molecule has 2 aromatic heterocycles. The van der Waals surface area contributed by atoms with Crippen molar-refractivity contribution in [3.05, 3.63) is 69.4 Å². The van der Waals surface area contributed by atoms with E-state index < -0.39 is 36.7 Å². The Morgan fingerprint density at radius 1 is 1.11 bits per heavy atom. The van der Waals surface area contributed by atoms with Gasteiger partial charge < -0.3 is 9.74 Å². The van der Waals surface area contributed by atoms with E-state index >= 15 is 0 Å². The predicted octanol–water partition coefficient (Wildman–Crippen LogP) is 5.49. The molecule has 3 aromatic rings. The molecule has 0 unspecified atom stereocenters. The van der Waals surface area contributed by atoms with E-state index in [0.717, 1.165) is 22.0 Å². The number of amides is 1. The summed E-state index contributed by atoms with van der Waals surface area (Å²) in [7, 11) is 0. The fourth-order valence-electron chi connectivity index (χ4n) is 4.45. The molecule has 2 aliphatic rings. The molecule has 4 heterocycles. The number of hydrogen-bond donors (Lipinski definition) is 0. The summed E-state index contributed by atoms with van der Waals surface area (Å²) in [6.45, 7) is 0.345. The first-order valence-corrected chi connectivity index (χ1v) is 12.4. The first-order chi connectivity index (χ1) is 17.4. The molecule has 1 fully saturated rings. The summed E-state index contributed by atoms with van der Waals surface area (Å²) in [5.74, 6) is -0.268. The van der Waals surface area contributed by atoms with Crippen LogP contribution in [0.25, 0.3) is 0 Å². The van der Waals surface area contributed by atoms with Gasteiger partial charge in [0.15, 0.2) is 6.10 Å². The van der Waals surface area contributed by atoms with E-state index in [0.29, 0.717) is 43.1 Å². The number of oxime groups is 1. The monoisotopic (exact) mass is 521 g/mol. The van der Waals surface area contributed by atoms with Gasteiger partial charge in [0.25, 0.3) is 12.9 Å². The Hall–Kier alpha value is -3.28. The number of piperidine rings is 1. The maximum absolute atomic E-state index is 13.2. The summed E-state index contributed by atoms with van der Waals surface area (Å²) in [5, 5.41) is 10.7. The number of thiazole rings is 1. The molecule has 0 spiro atoms. The van der Waals surface area contributed by atoms with E-state index in [1.165, 1.54) is 0 Å². The zero-order chi connectivity index (χ0) is 25.2. The van der Waals surface area contributed by atoms with Gasteiger partial charge in [-0.1, -0.05) is 35.5 Å². The van der Waals surface area contributed by atoms with Gasteiger partial charge in [-0.25, -0.2) is 22.5 Å². The van der Waals surface area contributed by atoms with Gasteiger partial charge >= 0.3 is 0 Å². The SMILES string of the molecule is O=C(Cn1nc(C(F)F)cc1C(F)F)N1CCC(c2nc(C3=NO[C@@H](c4ccccc4)C3)cs2)CC1. The van der Waals surface area contributed by atoms with Crippen LogP contribution in [0.5, 0.6) is 0 Å². The molecule has 0 N–H and O–H groups in total. The second-order valence-electron chi connectivity index (χ2n) is 8.73. The fraction of sp³-hybridized carbons (Fsp3) is 0.417. The van der Waals surface area contributed by atoms with Crippen molar-refractivity contribution in [2.75, 3.05) is 13.1 Å². The lowest BCUT2D eigenvalue weighted by molar-refractivity contribution is -0.133. The largest absolute Gasteiger partial charge is 0.387 e. The van der Waals surface area contributed by atoms with Crippen molar-refractivity contribution in [2.45, 2.75) is 50.7 Å². The van der Waals surface area contributed by atoms with Crippen LogP contribution < -0.4 is 0 Å². The van der Waals surface area contributed by atoms with Crippen LogP contribution in [0.15, 0.2) is 46.9 Å². The van der Waals surface area contributed by atoms with Gasteiger partial charge in [-0.2, -0.15) is 5.10 Å². The molecule has 5 rings (SSSR count). The Bertz CT molecular complexity index is 1240. The zero-order valence-corrected chi connectivity index (χ0v) is 19.9. The number of aromatic nitrogens is 3. The lowest BCUT2D eigenvalue weighted by atomic mass is 9.97. The smallest absolute Gasteiger partial charge is 0.282 e. The Morgan fingerprint density at radius 3 is 2.56 bits per heavy atom. The molecule has 1 atom stereocenters. The van der Waals surface area contributed by atoms with Crippen LogP contribution in [0.3, 0.4) is 0 Å². The third-order valence-corrected chi connectivity index (χ3v) is 7.42. The van der Waals surface area contributed by atoms with E-state index in [-0.39, 0.29) is 12.0 Å². The molecular weight excluding hydrogens is 498 g/mol. The summed E-state index contributed by atoms with van der Waals surface area (Å²) in [6.07, 6.45) is -4.14. The summed E-state index contributed by atoms with van der Waals surface area (Å²) in [5.41, 5.74) is 1.21. The highest BCUT2D eigenvalue weighted by Crippen LogP contribution is 2.34. The van der Waals surface area contributed by atoms with Crippen LogP contribution >= 0.6 is 11.3 Å². The van der Waals surface area contributed by atoms with E-state index in [1.807, 2.05) is 35.7 Å². The van der Waals surface area contributed by atoms with E-state index in [4.69, 9.17) is 9.82 Å². The Morgan fingerprint density at radius 2 is 1.86 bits per heavy atom. The molecule has 1 amide bonds. The summed E-state index contributed by atoms with van der Waals surface area (Å²) in [6, 6.07) is 10.5. The second-order valence-corrected chi connectivity index (χ2v) is 9.62. The van der Waals surface area contributed by atoms with E-state index in [2.05, 4.69) is 10.3 Å². The van der Waals surface area contributed by atoms with Crippen molar-refractivity contribution >= 4 is 23.0 Å². The Kier molecular flexibility index (Phi) is 7.04. The zero-order valence-electron chi connectivity index (χ0n) is 19.1. The minimum absolute atomic E-state index is 0.127. The van der Waals surface area contributed by atoms with Gasteiger partial charge in [-0.15, -0.1) is 11.3 Å². The third kappa shape index (κ3) is 5.13. The van der Waals surface area contributed by atoms with Crippen molar-refractivity contribution in [2.24, 2.45) is 5.16 Å². The van der Waals surface area contributed by atoms with Crippen LogP contribution in [-0.4, -0.2) is 44.4 Å². The van der Waals surface area contributed by atoms with Crippen molar-refractivity contribution < 1.29 is 27.2 Å². The second kappa shape index (κ2) is 10.4. The molecule has 12 heteroatoms. The van der Waals surface area contributed by atoms with Crippen LogP contribution in [-0.2, 0) is 16.2 Å². The highest BCUT2D eigenvalue weighted by Gasteiger charge is 2.30. The predicted molar refractivity (Wildman–Crippen MR) is 124 cm³/mol. The molecule has 2 aliphatic heterocycles. The van der Waals surface area contributed by atoms with E-state index in [1.54, 1.807) is 16.2 Å². The number of halogens is 4. The topological polar surface area (TPSA) is 72.6 Å². The molecule has 0 radical (unpaired) electrons. The lowest BCUT2D eigenvalue weighted by Gasteiger charge is -2.31. The Labute approximate surface area is 208 Å². The number of carbonyl (C=O) groups excluding carboxylic acids is 1. The molecule has 0 saturated carbocycles. The standard InChI is InChI=1S/C24H23F4N5O2S/c25-22(26)17-10-19(23(27)28)33(30-17)12-21(34)32-8-6-15(7-9-32)24-29-18(13-36-24)16-11-20(35-31-16)14-4-2-1-3-5-14/h1-5,10,13,15,20,22-23H,6-9,11-12H2/t20-/m1/s1. The minimum Gasteiger partial charge on any atom is -0.387 e. The molecule has 1 aromatic carbocycles. The first-order valence-electron chi connectivity index (χ1n) is 11.5. The maximum atomic E-state index is 13.2. The quantitative estimate of drug-likeness (QED) is 0.386. The van der Waals surface area contributed by atoms with E-state index in [9.17, 15) is 22.4 Å². The molecule has 0 bridgehead atoms. The number of alkyl halides is 4. The fourth-order valence-corrected chi connectivity index (χ4v) is 5.45. The molecule has 36 heavy (non-hydrogen) atoms. The van der Waals surface area contributed by atoms with Gasteiger partial charge in [0.05, 0.1) is 10.7 Å². The van der Waals surface area contributed by atoms with Crippen LogP contribution in [0.2, 0.25) is 0 Å². The maximum Gasteiger partial charge on any atom is 0.282 e. The highest BCUT2D eigenvalue weighted by molar-refractivity contribution is 7.10. The van der Waals surface area contributed by atoms with Crippen molar-refractivity contribution in [1.82, 2.24) is 19.7 Å². The minimum atomic E-state index is -3.00. The van der Waals surface area contributed by atoms with Gasteiger partial charge in [0.1, 0.15) is 23.6 Å². The normalized spacial score (nSPS) is 18.7. The lowest BCUT2D eigenvalue weighted by Crippen LogP contribution is -2.40. The van der Waals surface area contributed by atoms with Crippen molar-refractivity contribution in [3.63, 3.8) is 0 Å². The molecular formula is C24H23F4N5O2S. The van der Waals surface area contributed by atoms with Gasteiger partial charge in [0, 0.05) is 30.8 Å². The first kappa shape index (κ1) is 24.4. The number of rotatable bonds is 7.